The quantitative estimate of drug-likeness (QED) is 0.498. The van der Waals surface area contributed by atoms with Crippen molar-refractivity contribution in [3.05, 3.63) is 23.4 Å². The van der Waals surface area contributed by atoms with Gasteiger partial charge in [0.15, 0.2) is 0 Å². The average Bonchev–Trinajstić information content (AvgIpc) is 2.83. The smallest absolute Gasteiger partial charge is 0.219 e. The van der Waals surface area contributed by atoms with Crippen LogP contribution in [0, 0.1) is 0 Å². The molecule has 0 spiro atoms. The highest BCUT2D eigenvalue weighted by atomic mass is 35.5. The fourth-order valence-corrected chi connectivity index (χ4v) is 2.96. The number of anilines is 1. The summed E-state index contributed by atoms with van der Waals surface area (Å²) in [6, 6.07) is 4.04. The van der Waals surface area contributed by atoms with Crippen LogP contribution in [-0.4, -0.2) is 27.3 Å². The Labute approximate surface area is 142 Å². The minimum atomic E-state index is -0.812. The molecule has 126 valence electrons. The SMILES string of the molecule is CC/C(=N\C(Cl)=N/C(C)C)Nc1ccc2c(n1)[C@@](O)(CC)CC2. The molecule has 0 aliphatic heterocycles. The van der Waals surface area contributed by atoms with Gasteiger partial charge in [0.1, 0.15) is 17.3 Å². The van der Waals surface area contributed by atoms with Crippen molar-refractivity contribution in [1.29, 1.82) is 0 Å². The van der Waals surface area contributed by atoms with Crippen molar-refractivity contribution < 1.29 is 5.11 Å². The van der Waals surface area contributed by atoms with Gasteiger partial charge in [-0.05, 0) is 56.3 Å². The van der Waals surface area contributed by atoms with Crippen molar-refractivity contribution in [2.45, 2.75) is 65.0 Å². The second kappa shape index (κ2) is 7.41. The van der Waals surface area contributed by atoms with Crippen LogP contribution in [-0.2, 0) is 12.0 Å². The highest BCUT2D eigenvalue weighted by Gasteiger charge is 2.36. The van der Waals surface area contributed by atoms with Gasteiger partial charge in [-0.3, -0.25) is 4.99 Å². The Hall–Kier alpha value is -1.46. The molecule has 0 saturated carbocycles. The summed E-state index contributed by atoms with van der Waals surface area (Å²) in [7, 11) is 0. The van der Waals surface area contributed by atoms with E-state index in [4.69, 9.17) is 11.6 Å². The second-order valence-corrected chi connectivity index (χ2v) is 6.46. The van der Waals surface area contributed by atoms with Gasteiger partial charge in [0.25, 0.3) is 0 Å². The van der Waals surface area contributed by atoms with Gasteiger partial charge in [0, 0.05) is 12.5 Å². The van der Waals surface area contributed by atoms with Crippen LogP contribution in [0.1, 0.15) is 58.2 Å². The number of nitrogens with one attached hydrogen (secondary N) is 1. The largest absolute Gasteiger partial charge is 0.384 e. The van der Waals surface area contributed by atoms with E-state index in [0.717, 1.165) is 24.1 Å². The summed E-state index contributed by atoms with van der Waals surface area (Å²) in [5.74, 6) is 1.37. The summed E-state index contributed by atoms with van der Waals surface area (Å²) in [6.07, 6.45) is 2.95. The van der Waals surface area contributed by atoms with Crippen molar-refractivity contribution in [3.8, 4) is 0 Å². The lowest BCUT2D eigenvalue weighted by molar-refractivity contribution is 0.0307. The van der Waals surface area contributed by atoms with Crippen molar-refractivity contribution in [2.75, 3.05) is 5.32 Å². The zero-order valence-corrected chi connectivity index (χ0v) is 15.0. The average molecular weight is 337 g/mol. The number of halogens is 1. The van der Waals surface area contributed by atoms with Crippen molar-refractivity contribution in [1.82, 2.24) is 4.98 Å². The molecule has 1 atom stereocenters. The van der Waals surface area contributed by atoms with E-state index < -0.39 is 5.60 Å². The second-order valence-electron chi connectivity index (χ2n) is 6.12. The topological polar surface area (TPSA) is 69.9 Å². The molecule has 1 aliphatic carbocycles. The maximum absolute atomic E-state index is 10.7. The van der Waals surface area contributed by atoms with Gasteiger partial charge in [0.2, 0.25) is 5.29 Å². The molecule has 2 rings (SSSR count). The molecule has 2 N–H and O–H groups in total. The maximum Gasteiger partial charge on any atom is 0.219 e. The Morgan fingerprint density at radius 3 is 2.78 bits per heavy atom. The molecular formula is C17H25ClN4O. The van der Waals surface area contributed by atoms with Crippen molar-refractivity contribution >= 4 is 28.5 Å². The molecule has 0 fully saturated rings. The van der Waals surface area contributed by atoms with Crippen molar-refractivity contribution in [3.63, 3.8) is 0 Å². The number of pyridine rings is 1. The first kappa shape index (κ1) is 17.9. The van der Waals surface area contributed by atoms with E-state index >= 15 is 0 Å². The first-order valence-corrected chi connectivity index (χ1v) is 8.56. The number of amidine groups is 2. The Morgan fingerprint density at radius 1 is 1.43 bits per heavy atom. The number of fused-ring (bicyclic) bond motifs is 1. The minimum Gasteiger partial charge on any atom is -0.384 e. The van der Waals surface area contributed by atoms with Crippen LogP contribution in [0.3, 0.4) is 0 Å². The summed E-state index contributed by atoms with van der Waals surface area (Å²) in [5, 5.41) is 14.1. The van der Waals surface area contributed by atoms with E-state index in [1.165, 1.54) is 0 Å². The van der Waals surface area contributed by atoms with Gasteiger partial charge in [0.05, 0.1) is 5.69 Å². The first-order chi connectivity index (χ1) is 10.9. The maximum atomic E-state index is 10.7. The summed E-state index contributed by atoms with van der Waals surface area (Å²) >= 11 is 6.04. The molecule has 6 heteroatoms. The summed E-state index contributed by atoms with van der Waals surface area (Å²) in [6.45, 7) is 7.87. The number of aliphatic hydroxyl groups is 1. The number of hydrogen-bond acceptors (Lipinski definition) is 3. The van der Waals surface area contributed by atoms with Crippen molar-refractivity contribution in [2.24, 2.45) is 9.98 Å². The molecule has 23 heavy (non-hydrogen) atoms. The van der Waals surface area contributed by atoms with Crippen LogP contribution < -0.4 is 5.32 Å². The fourth-order valence-electron chi connectivity index (χ4n) is 2.66. The standard InChI is InChI=1S/C17H25ClN4O/c1-5-13(22-16(18)19-11(3)4)20-14-8-7-12-9-10-17(23,6-2)15(12)21-14/h7-8,11,23H,5-6,9-10H2,1-4H3,(H,19,20,21,22)/t17-/m1/s1. The summed E-state index contributed by atoms with van der Waals surface area (Å²) in [5.41, 5.74) is 1.09. The lowest BCUT2D eigenvalue weighted by Crippen LogP contribution is -2.23. The molecule has 0 radical (unpaired) electrons. The molecule has 5 nitrogen and oxygen atoms in total. The Bertz CT molecular complexity index is 627. The van der Waals surface area contributed by atoms with E-state index in [1.807, 2.05) is 39.8 Å². The van der Waals surface area contributed by atoms with Gasteiger partial charge in [-0.25, -0.2) is 9.98 Å². The van der Waals surface area contributed by atoms with Crippen LogP contribution in [0.5, 0.6) is 0 Å². The molecule has 0 saturated heterocycles. The molecule has 0 amide bonds. The highest BCUT2D eigenvalue weighted by molar-refractivity contribution is 6.65. The highest BCUT2D eigenvalue weighted by Crippen LogP contribution is 2.38. The van der Waals surface area contributed by atoms with Crippen LogP contribution in [0.4, 0.5) is 5.82 Å². The Kier molecular flexibility index (Phi) is 5.76. The molecule has 0 aromatic carbocycles. The van der Waals surface area contributed by atoms with E-state index in [9.17, 15) is 5.11 Å². The van der Waals surface area contributed by atoms with Crippen LogP contribution in [0.25, 0.3) is 0 Å². The van der Waals surface area contributed by atoms with E-state index in [2.05, 4.69) is 20.3 Å². The zero-order valence-electron chi connectivity index (χ0n) is 14.2. The molecule has 0 unspecified atom stereocenters. The lowest BCUT2D eigenvalue weighted by Gasteiger charge is -2.21. The number of nitrogens with zero attached hydrogens (tertiary/aromatic N) is 3. The summed E-state index contributed by atoms with van der Waals surface area (Å²) < 4.78 is 0. The third-order valence-corrected chi connectivity index (χ3v) is 4.19. The third kappa shape index (κ3) is 4.30. The van der Waals surface area contributed by atoms with E-state index in [0.29, 0.717) is 24.5 Å². The number of aryl methyl sites for hydroxylation is 1. The van der Waals surface area contributed by atoms with Gasteiger partial charge in [-0.1, -0.05) is 19.9 Å². The van der Waals surface area contributed by atoms with Crippen LogP contribution in [0.2, 0.25) is 0 Å². The molecule has 1 aromatic heterocycles. The van der Waals surface area contributed by atoms with E-state index in [-0.39, 0.29) is 11.3 Å². The molecule has 0 bridgehead atoms. The first-order valence-electron chi connectivity index (χ1n) is 8.18. The predicted molar refractivity (Wildman–Crippen MR) is 96.5 cm³/mol. The number of rotatable bonds is 4. The normalized spacial score (nSPS) is 21.7. The van der Waals surface area contributed by atoms with Gasteiger partial charge < -0.3 is 10.4 Å². The third-order valence-electron chi connectivity index (χ3n) is 4.01. The van der Waals surface area contributed by atoms with Crippen LogP contribution in [0.15, 0.2) is 22.1 Å². The molecule has 1 heterocycles. The van der Waals surface area contributed by atoms with Gasteiger partial charge >= 0.3 is 0 Å². The molecule has 1 aromatic rings. The Balaban J connectivity index is 2.23. The summed E-state index contributed by atoms with van der Waals surface area (Å²) in [4.78, 5) is 13.1. The lowest BCUT2D eigenvalue weighted by atomic mass is 9.98. The predicted octanol–water partition coefficient (Wildman–Crippen LogP) is 3.85. The van der Waals surface area contributed by atoms with E-state index in [1.54, 1.807) is 0 Å². The number of aromatic nitrogens is 1. The minimum absolute atomic E-state index is 0.0991. The Morgan fingerprint density at radius 2 is 2.17 bits per heavy atom. The fraction of sp³-hybridized carbons (Fsp3) is 0.588. The number of aliphatic imine (C=N–C) groups is 2. The number of hydrogen-bond donors (Lipinski definition) is 2. The molecular weight excluding hydrogens is 312 g/mol. The van der Waals surface area contributed by atoms with Gasteiger partial charge in [-0.15, -0.1) is 0 Å². The zero-order chi connectivity index (χ0) is 17.0. The van der Waals surface area contributed by atoms with Crippen LogP contribution >= 0.6 is 11.6 Å². The monoisotopic (exact) mass is 336 g/mol. The van der Waals surface area contributed by atoms with Gasteiger partial charge in [-0.2, -0.15) is 0 Å². The molecule has 1 aliphatic rings.